The molecule has 1 aromatic rings. The molecule has 0 spiro atoms. The molecule has 2 heteroatoms. The summed E-state index contributed by atoms with van der Waals surface area (Å²) >= 11 is 0. The van der Waals surface area contributed by atoms with Crippen molar-refractivity contribution in [3.8, 4) is 0 Å². The van der Waals surface area contributed by atoms with Gasteiger partial charge in [0, 0.05) is 18.0 Å². The van der Waals surface area contributed by atoms with Crippen molar-refractivity contribution in [2.45, 2.75) is 65.0 Å². The van der Waals surface area contributed by atoms with Crippen molar-refractivity contribution in [2.24, 2.45) is 5.92 Å². The Balaban J connectivity index is 2.07. The maximum Gasteiger partial charge on any atom is 0.226 e. The largest absolute Gasteiger partial charge is 0.337 e. The second-order valence-corrected chi connectivity index (χ2v) is 6.12. The van der Waals surface area contributed by atoms with Crippen LogP contribution in [0.4, 0.5) is 0 Å². The van der Waals surface area contributed by atoms with Gasteiger partial charge in [-0.2, -0.15) is 0 Å². The molecule has 1 aliphatic carbocycles. The van der Waals surface area contributed by atoms with E-state index in [2.05, 4.69) is 56.9 Å². The van der Waals surface area contributed by atoms with E-state index in [1.54, 1.807) is 0 Å². The SMILES string of the molecule is CC[C@@H](C)N(C(=O)[C@@H]1C[C@@H]1c1ccccc1)[C@H](C)CC. The fourth-order valence-corrected chi connectivity index (χ4v) is 2.99. The Morgan fingerprint density at radius 3 is 2.20 bits per heavy atom. The van der Waals surface area contributed by atoms with E-state index in [9.17, 15) is 4.79 Å². The summed E-state index contributed by atoms with van der Waals surface area (Å²) in [7, 11) is 0. The van der Waals surface area contributed by atoms with E-state index in [0.29, 0.717) is 23.9 Å². The fourth-order valence-electron chi connectivity index (χ4n) is 2.99. The number of rotatable bonds is 6. The van der Waals surface area contributed by atoms with E-state index in [1.165, 1.54) is 5.56 Å². The van der Waals surface area contributed by atoms with Crippen LogP contribution < -0.4 is 0 Å². The van der Waals surface area contributed by atoms with Gasteiger partial charge in [-0.3, -0.25) is 4.79 Å². The lowest BCUT2D eigenvalue weighted by Gasteiger charge is -2.34. The minimum atomic E-state index is 0.209. The predicted molar refractivity (Wildman–Crippen MR) is 83.6 cm³/mol. The second-order valence-electron chi connectivity index (χ2n) is 6.12. The van der Waals surface area contributed by atoms with Crippen molar-refractivity contribution in [2.75, 3.05) is 0 Å². The lowest BCUT2D eigenvalue weighted by Crippen LogP contribution is -2.45. The third kappa shape index (κ3) is 3.05. The molecular weight excluding hydrogens is 246 g/mol. The molecule has 4 atom stereocenters. The molecule has 1 saturated carbocycles. The third-order valence-corrected chi connectivity index (χ3v) is 4.72. The van der Waals surface area contributed by atoms with Gasteiger partial charge >= 0.3 is 0 Å². The number of amides is 1. The summed E-state index contributed by atoms with van der Waals surface area (Å²) in [6.45, 7) is 8.66. The first-order chi connectivity index (χ1) is 9.60. The van der Waals surface area contributed by atoms with E-state index in [0.717, 1.165) is 19.3 Å². The van der Waals surface area contributed by atoms with Gasteiger partial charge in [-0.25, -0.2) is 0 Å². The molecule has 20 heavy (non-hydrogen) atoms. The smallest absolute Gasteiger partial charge is 0.226 e. The molecule has 2 rings (SSSR count). The number of hydrogen-bond donors (Lipinski definition) is 0. The molecule has 0 aliphatic heterocycles. The van der Waals surface area contributed by atoms with Crippen LogP contribution >= 0.6 is 0 Å². The molecule has 110 valence electrons. The first-order valence-corrected chi connectivity index (χ1v) is 7.97. The molecular formula is C18H27NO. The average Bonchev–Trinajstić information content (AvgIpc) is 3.28. The summed E-state index contributed by atoms with van der Waals surface area (Å²) in [4.78, 5) is 14.9. The Labute approximate surface area is 123 Å². The van der Waals surface area contributed by atoms with E-state index in [-0.39, 0.29) is 5.92 Å². The third-order valence-electron chi connectivity index (χ3n) is 4.72. The van der Waals surface area contributed by atoms with E-state index < -0.39 is 0 Å². The quantitative estimate of drug-likeness (QED) is 0.760. The van der Waals surface area contributed by atoms with E-state index in [4.69, 9.17) is 0 Å². The average molecular weight is 273 g/mol. The van der Waals surface area contributed by atoms with Crippen molar-refractivity contribution in [3.63, 3.8) is 0 Å². The van der Waals surface area contributed by atoms with Crippen molar-refractivity contribution < 1.29 is 4.79 Å². The van der Waals surface area contributed by atoms with E-state index >= 15 is 0 Å². The molecule has 1 fully saturated rings. The van der Waals surface area contributed by atoms with Gasteiger partial charge in [0.15, 0.2) is 0 Å². The highest BCUT2D eigenvalue weighted by atomic mass is 16.2. The van der Waals surface area contributed by atoms with Crippen molar-refractivity contribution in [3.05, 3.63) is 35.9 Å². The predicted octanol–water partition coefficient (Wildman–Crippen LogP) is 4.22. The second kappa shape index (κ2) is 6.43. The van der Waals surface area contributed by atoms with Gasteiger partial charge in [0.05, 0.1) is 0 Å². The molecule has 1 aliphatic rings. The minimum Gasteiger partial charge on any atom is -0.337 e. The van der Waals surface area contributed by atoms with Crippen LogP contribution in [0.15, 0.2) is 30.3 Å². The highest BCUT2D eigenvalue weighted by Crippen LogP contribution is 2.48. The molecule has 1 aromatic carbocycles. The van der Waals surface area contributed by atoms with Gasteiger partial charge in [-0.1, -0.05) is 44.2 Å². The monoisotopic (exact) mass is 273 g/mol. The van der Waals surface area contributed by atoms with Crippen LogP contribution in [-0.2, 0) is 4.79 Å². The number of benzene rings is 1. The Hall–Kier alpha value is -1.31. The zero-order valence-corrected chi connectivity index (χ0v) is 13.2. The number of hydrogen-bond acceptors (Lipinski definition) is 1. The molecule has 0 saturated heterocycles. The first kappa shape index (κ1) is 15.1. The molecule has 0 heterocycles. The maximum absolute atomic E-state index is 12.8. The highest BCUT2D eigenvalue weighted by molar-refractivity contribution is 5.83. The topological polar surface area (TPSA) is 20.3 Å². The molecule has 0 radical (unpaired) electrons. The summed E-state index contributed by atoms with van der Waals surface area (Å²) < 4.78 is 0. The molecule has 0 unspecified atom stereocenters. The van der Waals surface area contributed by atoms with Crippen LogP contribution in [0, 0.1) is 5.92 Å². The zero-order chi connectivity index (χ0) is 14.7. The van der Waals surface area contributed by atoms with Gasteiger partial charge in [0.2, 0.25) is 5.91 Å². The van der Waals surface area contributed by atoms with Crippen LogP contribution in [-0.4, -0.2) is 22.9 Å². The van der Waals surface area contributed by atoms with Gasteiger partial charge in [-0.15, -0.1) is 0 Å². The van der Waals surface area contributed by atoms with Gasteiger partial charge in [0.25, 0.3) is 0 Å². The van der Waals surface area contributed by atoms with Gasteiger partial charge in [0.1, 0.15) is 0 Å². The van der Waals surface area contributed by atoms with Gasteiger partial charge < -0.3 is 4.90 Å². The normalized spacial score (nSPS) is 24.0. The van der Waals surface area contributed by atoms with Crippen LogP contribution in [0.2, 0.25) is 0 Å². The Morgan fingerprint density at radius 1 is 1.15 bits per heavy atom. The van der Waals surface area contributed by atoms with Crippen molar-refractivity contribution in [1.82, 2.24) is 4.90 Å². The number of nitrogens with zero attached hydrogens (tertiary/aromatic N) is 1. The van der Waals surface area contributed by atoms with Crippen LogP contribution in [0.3, 0.4) is 0 Å². The molecule has 0 bridgehead atoms. The maximum atomic E-state index is 12.8. The first-order valence-electron chi connectivity index (χ1n) is 7.97. The zero-order valence-electron chi connectivity index (χ0n) is 13.2. The van der Waals surface area contributed by atoms with Crippen LogP contribution in [0.25, 0.3) is 0 Å². The standard InChI is InChI=1S/C18H27NO/c1-5-13(3)19(14(4)6-2)18(20)17-12-16(17)15-10-8-7-9-11-15/h7-11,13-14,16-17H,5-6,12H2,1-4H3/t13-,14-,16-,17-/m1/s1. The van der Waals surface area contributed by atoms with Crippen molar-refractivity contribution >= 4 is 5.91 Å². The van der Waals surface area contributed by atoms with Crippen molar-refractivity contribution in [1.29, 1.82) is 0 Å². The molecule has 2 nitrogen and oxygen atoms in total. The van der Waals surface area contributed by atoms with Crippen LogP contribution in [0.5, 0.6) is 0 Å². The Morgan fingerprint density at radius 2 is 1.70 bits per heavy atom. The Bertz CT molecular complexity index is 432. The van der Waals surface area contributed by atoms with Crippen LogP contribution in [0.1, 0.15) is 58.4 Å². The lowest BCUT2D eigenvalue weighted by molar-refractivity contribution is -0.137. The highest BCUT2D eigenvalue weighted by Gasteiger charge is 2.46. The fraction of sp³-hybridized carbons (Fsp3) is 0.611. The summed E-state index contributed by atoms with van der Waals surface area (Å²) in [6, 6.07) is 11.1. The number of carbonyl (C=O) groups excluding carboxylic acids is 1. The summed E-state index contributed by atoms with van der Waals surface area (Å²) in [5.41, 5.74) is 1.32. The summed E-state index contributed by atoms with van der Waals surface area (Å²) in [5, 5.41) is 0. The molecule has 1 amide bonds. The minimum absolute atomic E-state index is 0.209. The summed E-state index contributed by atoms with van der Waals surface area (Å²) in [5.74, 6) is 1.02. The lowest BCUT2D eigenvalue weighted by atomic mass is 10.1. The molecule has 0 aromatic heterocycles. The molecule has 0 N–H and O–H groups in total. The Kier molecular flexibility index (Phi) is 4.85. The van der Waals surface area contributed by atoms with Gasteiger partial charge in [-0.05, 0) is 44.6 Å². The number of carbonyl (C=O) groups is 1. The van der Waals surface area contributed by atoms with E-state index in [1.807, 2.05) is 6.07 Å². The summed E-state index contributed by atoms with van der Waals surface area (Å²) in [6.07, 6.45) is 3.07.